The molecule has 1 aliphatic heterocycles. The van der Waals surface area contributed by atoms with Crippen molar-refractivity contribution in [2.45, 2.75) is 49.4 Å². The molecule has 0 radical (unpaired) electrons. The van der Waals surface area contributed by atoms with E-state index in [4.69, 9.17) is 5.73 Å². The molecule has 5 nitrogen and oxygen atoms in total. The van der Waals surface area contributed by atoms with E-state index < -0.39 is 16.7 Å². The van der Waals surface area contributed by atoms with Crippen LogP contribution in [0.1, 0.15) is 49.8 Å². The predicted octanol–water partition coefficient (Wildman–Crippen LogP) is 3.08. The van der Waals surface area contributed by atoms with Crippen LogP contribution < -0.4 is 5.73 Å². The van der Waals surface area contributed by atoms with Crippen LogP contribution in [0, 0.1) is 5.82 Å². The van der Waals surface area contributed by atoms with Gasteiger partial charge in [0.05, 0.1) is 11.1 Å². The van der Waals surface area contributed by atoms with E-state index >= 15 is 0 Å². The summed E-state index contributed by atoms with van der Waals surface area (Å²) in [5.41, 5.74) is 5.03. The van der Waals surface area contributed by atoms with E-state index in [2.05, 4.69) is 4.98 Å². The lowest BCUT2D eigenvalue weighted by atomic mass is 9.73. The van der Waals surface area contributed by atoms with Crippen LogP contribution in [0.25, 0.3) is 0 Å². The summed E-state index contributed by atoms with van der Waals surface area (Å²) in [4.78, 5) is 32.5. The van der Waals surface area contributed by atoms with Crippen LogP contribution in [0.3, 0.4) is 0 Å². The minimum Gasteiger partial charge on any atom is -0.369 e. The SMILES string of the molecule is NC(=O)[C@@]1(c2ccccn2)CCCN(C(=O)C2(c3ccccc3F)CCCC2)C1. The van der Waals surface area contributed by atoms with Gasteiger partial charge < -0.3 is 10.6 Å². The first kappa shape index (κ1) is 19.6. The van der Waals surface area contributed by atoms with Gasteiger partial charge in [-0.15, -0.1) is 0 Å². The first-order valence-corrected chi connectivity index (χ1v) is 10.3. The first-order valence-electron chi connectivity index (χ1n) is 10.3. The number of piperidine rings is 1. The number of carbonyl (C=O) groups excluding carboxylic acids is 2. The molecule has 6 heteroatoms. The highest BCUT2D eigenvalue weighted by Gasteiger charge is 2.51. The number of amides is 2. The number of pyridine rings is 1. The average Bonchev–Trinajstić information content (AvgIpc) is 3.25. The lowest BCUT2D eigenvalue weighted by Gasteiger charge is -2.43. The lowest BCUT2D eigenvalue weighted by Crippen LogP contribution is -2.58. The van der Waals surface area contributed by atoms with E-state index in [1.165, 1.54) is 6.07 Å². The zero-order valence-corrected chi connectivity index (χ0v) is 16.4. The summed E-state index contributed by atoms with van der Waals surface area (Å²) in [6, 6.07) is 12.0. The summed E-state index contributed by atoms with van der Waals surface area (Å²) >= 11 is 0. The van der Waals surface area contributed by atoms with Crippen LogP contribution in [0.2, 0.25) is 0 Å². The monoisotopic (exact) mass is 395 g/mol. The Morgan fingerprint density at radius 2 is 1.66 bits per heavy atom. The Hall–Kier alpha value is -2.76. The minimum absolute atomic E-state index is 0.0960. The van der Waals surface area contributed by atoms with Gasteiger partial charge in [0.15, 0.2) is 0 Å². The number of primary amides is 1. The highest BCUT2D eigenvalue weighted by atomic mass is 19.1. The largest absolute Gasteiger partial charge is 0.369 e. The molecule has 1 atom stereocenters. The van der Waals surface area contributed by atoms with Crippen LogP contribution in [0.4, 0.5) is 4.39 Å². The fourth-order valence-electron chi connectivity index (χ4n) is 5.14. The Bertz CT molecular complexity index is 911. The fourth-order valence-corrected chi connectivity index (χ4v) is 5.14. The summed E-state index contributed by atoms with van der Waals surface area (Å²) in [6.45, 7) is 0.727. The van der Waals surface area contributed by atoms with Crippen LogP contribution in [-0.2, 0) is 20.4 Å². The Kier molecular flexibility index (Phi) is 5.11. The third-order valence-electron chi connectivity index (χ3n) is 6.66. The Morgan fingerprint density at radius 1 is 0.966 bits per heavy atom. The standard InChI is InChI=1S/C23H26FN3O2/c24-18-9-2-1-8-17(18)22(11-4-5-12-22)21(29)27-15-7-13-23(16-27,20(25)28)19-10-3-6-14-26-19/h1-3,6,8-10,14H,4-5,7,11-13,15-16H2,(H2,25,28)/t23-/m0/s1. The van der Waals surface area contributed by atoms with Gasteiger partial charge >= 0.3 is 0 Å². The number of nitrogens with zero attached hydrogens (tertiary/aromatic N) is 2. The lowest BCUT2D eigenvalue weighted by molar-refractivity contribution is -0.141. The molecule has 2 aliphatic rings. The molecule has 2 fully saturated rings. The molecule has 29 heavy (non-hydrogen) atoms. The van der Waals surface area contributed by atoms with E-state index in [0.29, 0.717) is 43.5 Å². The number of halogens is 1. The number of likely N-dealkylation sites (tertiary alicyclic amines) is 1. The molecule has 2 aromatic rings. The van der Waals surface area contributed by atoms with Crippen molar-refractivity contribution in [2.24, 2.45) is 5.73 Å². The maximum absolute atomic E-state index is 14.7. The molecule has 1 aliphatic carbocycles. The zero-order chi connectivity index (χ0) is 20.5. The summed E-state index contributed by atoms with van der Waals surface area (Å²) in [7, 11) is 0. The zero-order valence-electron chi connectivity index (χ0n) is 16.4. The first-order chi connectivity index (χ1) is 14.0. The summed E-state index contributed by atoms with van der Waals surface area (Å²) < 4.78 is 14.7. The Morgan fingerprint density at radius 3 is 2.31 bits per heavy atom. The van der Waals surface area contributed by atoms with Crippen molar-refractivity contribution < 1.29 is 14.0 Å². The molecule has 1 saturated heterocycles. The van der Waals surface area contributed by atoms with Gasteiger partial charge in [-0.1, -0.05) is 37.1 Å². The topological polar surface area (TPSA) is 76.3 Å². The van der Waals surface area contributed by atoms with E-state index in [9.17, 15) is 14.0 Å². The van der Waals surface area contributed by atoms with Crippen molar-refractivity contribution in [3.05, 3.63) is 65.7 Å². The van der Waals surface area contributed by atoms with Crippen molar-refractivity contribution in [2.75, 3.05) is 13.1 Å². The van der Waals surface area contributed by atoms with Gasteiger partial charge in [-0.25, -0.2) is 4.39 Å². The third kappa shape index (κ3) is 3.20. The quantitative estimate of drug-likeness (QED) is 0.864. The van der Waals surface area contributed by atoms with Crippen molar-refractivity contribution in [3.8, 4) is 0 Å². The molecule has 152 valence electrons. The maximum atomic E-state index is 14.7. The third-order valence-corrected chi connectivity index (χ3v) is 6.66. The second kappa shape index (κ2) is 7.58. The number of benzene rings is 1. The number of aromatic nitrogens is 1. The molecule has 1 saturated carbocycles. The van der Waals surface area contributed by atoms with E-state index in [-0.39, 0.29) is 18.3 Å². The van der Waals surface area contributed by atoms with Crippen LogP contribution in [0.15, 0.2) is 48.7 Å². The summed E-state index contributed by atoms with van der Waals surface area (Å²) in [5.74, 6) is -0.910. The van der Waals surface area contributed by atoms with Crippen LogP contribution >= 0.6 is 0 Å². The number of hydrogen-bond donors (Lipinski definition) is 1. The van der Waals surface area contributed by atoms with Crippen molar-refractivity contribution in [1.29, 1.82) is 0 Å². The van der Waals surface area contributed by atoms with Gasteiger partial charge in [-0.2, -0.15) is 0 Å². The van der Waals surface area contributed by atoms with Gasteiger partial charge in [0.25, 0.3) is 0 Å². The molecule has 0 bridgehead atoms. The fraction of sp³-hybridized carbons (Fsp3) is 0.435. The van der Waals surface area contributed by atoms with Gasteiger partial charge in [0.1, 0.15) is 11.2 Å². The summed E-state index contributed by atoms with van der Waals surface area (Å²) in [5, 5.41) is 0. The molecule has 2 N–H and O–H groups in total. The molecule has 0 unspecified atom stereocenters. The van der Waals surface area contributed by atoms with Gasteiger partial charge in [0, 0.05) is 24.8 Å². The van der Waals surface area contributed by atoms with E-state index in [0.717, 1.165) is 12.8 Å². The second-order valence-corrected chi connectivity index (χ2v) is 8.26. The van der Waals surface area contributed by atoms with Gasteiger partial charge in [0.2, 0.25) is 11.8 Å². The maximum Gasteiger partial charge on any atom is 0.233 e. The molecule has 2 heterocycles. The molecule has 2 amide bonds. The van der Waals surface area contributed by atoms with Gasteiger partial charge in [-0.05, 0) is 43.9 Å². The number of carbonyl (C=O) groups is 2. The molecular weight excluding hydrogens is 369 g/mol. The predicted molar refractivity (Wildman–Crippen MR) is 107 cm³/mol. The second-order valence-electron chi connectivity index (χ2n) is 8.26. The molecule has 1 aromatic carbocycles. The van der Waals surface area contributed by atoms with Crippen molar-refractivity contribution in [1.82, 2.24) is 9.88 Å². The van der Waals surface area contributed by atoms with Crippen LogP contribution in [-0.4, -0.2) is 34.8 Å². The molecule has 4 rings (SSSR count). The number of nitrogens with two attached hydrogens (primary N) is 1. The minimum atomic E-state index is -1.01. The van der Waals surface area contributed by atoms with Crippen LogP contribution in [0.5, 0.6) is 0 Å². The Balaban J connectivity index is 1.71. The smallest absolute Gasteiger partial charge is 0.233 e. The van der Waals surface area contributed by atoms with E-state index in [1.807, 2.05) is 6.07 Å². The Labute approximate surface area is 170 Å². The average molecular weight is 395 g/mol. The highest BCUT2D eigenvalue weighted by Crippen LogP contribution is 2.45. The molecule has 1 aromatic heterocycles. The molecule has 0 spiro atoms. The van der Waals surface area contributed by atoms with Gasteiger partial charge in [-0.3, -0.25) is 14.6 Å². The highest BCUT2D eigenvalue weighted by molar-refractivity contribution is 5.91. The summed E-state index contributed by atoms with van der Waals surface area (Å²) in [6.07, 6.45) is 5.85. The number of hydrogen-bond acceptors (Lipinski definition) is 3. The number of rotatable bonds is 4. The van der Waals surface area contributed by atoms with Crippen molar-refractivity contribution >= 4 is 11.8 Å². The molecular formula is C23H26FN3O2. The van der Waals surface area contributed by atoms with E-state index in [1.54, 1.807) is 41.4 Å². The van der Waals surface area contributed by atoms with Crippen molar-refractivity contribution in [3.63, 3.8) is 0 Å². The normalized spacial score (nSPS) is 23.7.